The average Bonchev–Trinajstić information content (AvgIpc) is 2.90. The van der Waals surface area contributed by atoms with E-state index < -0.39 is 6.10 Å². The van der Waals surface area contributed by atoms with Crippen molar-refractivity contribution in [2.45, 2.75) is 44.8 Å². The van der Waals surface area contributed by atoms with Crippen LogP contribution in [0.15, 0.2) is 78.9 Å². The number of rotatable bonds is 6. The van der Waals surface area contributed by atoms with E-state index in [2.05, 4.69) is 77.7 Å². The van der Waals surface area contributed by atoms with Crippen molar-refractivity contribution in [2.75, 3.05) is 26.2 Å². The molecule has 0 saturated carbocycles. The predicted octanol–water partition coefficient (Wildman–Crippen LogP) is 5.27. The van der Waals surface area contributed by atoms with Gasteiger partial charge in [-0.15, -0.1) is 0 Å². The van der Waals surface area contributed by atoms with Crippen LogP contribution < -0.4 is 4.74 Å². The van der Waals surface area contributed by atoms with Crippen LogP contribution in [0.3, 0.4) is 0 Å². The molecule has 0 N–H and O–H groups in total. The maximum Gasteiger partial charge on any atom is 0.263 e. The summed E-state index contributed by atoms with van der Waals surface area (Å²) in [6.07, 6.45) is 4.12. The minimum absolute atomic E-state index is 0.0871. The van der Waals surface area contributed by atoms with Gasteiger partial charge in [-0.05, 0) is 60.9 Å². The summed E-state index contributed by atoms with van der Waals surface area (Å²) in [7, 11) is 0. The summed E-state index contributed by atoms with van der Waals surface area (Å²) in [6.45, 7) is 5.01. The Morgan fingerprint density at radius 3 is 2.03 bits per heavy atom. The molecule has 3 aromatic rings. The number of amides is 1. The van der Waals surface area contributed by atoms with Gasteiger partial charge in [0.2, 0.25) is 0 Å². The molecule has 1 atom stereocenters. The van der Waals surface area contributed by atoms with Gasteiger partial charge in [-0.3, -0.25) is 9.69 Å². The minimum atomic E-state index is -0.473. The van der Waals surface area contributed by atoms with Gasteiger partial charge in [0.1, 0.15) is 5.75 Å². The highest BCUT2D eigenvalue weighted by atomic mass is 16.5. The SMILES string of the molecule is C[C@@H](Oc1cccc2c1CCCC2)C(=O)N1CCN(C(c2ccccc2)c2ccccc2)CC1. The molecule has 0 aromatic heterocycles. The first-order valence-corrected chi connectivity index (χ1v) is 12.6. The van der Waals surface area contributed by atoms with Crippen molar-refractivity contribution in [3.05, 3.63) is 101 Å². The molecular weight excluding hydrogens is 420 g/mol. The van der Waals surface area contributed by atoms with Crippen molar-refractivity contribution >= 4 is 5.91 Å². The van der Waals surface area contributed by atoms with Crippen LogP contribution in [0.4, 0.5) is 0 Å². The number of fused-ring (bicyclic) bond motifs is 1. The first-order valence-electron chi connectivity index (χ1n) is 12.6. The van der Waals surface area contributed by atoms with Crippen LogP contribution in [-0.4, -0.2) is 48.0 Å². The fraction of sp³-hybridized carbons (Fsp3) is 0.367. The Kier molecular flexibility index (Phi) is 6.96. The fourth-order valence-electron chi connectivity index (χ4n) is 5.44. The Hall–Kier alpha value is -3.11. The molecule has 4 heteroatoms. The summed E-state index contributed by atoms with van der Waals surface area (Å²) < 4.78 is 6.24. The molecule has 2 aliphatic rings. The first-order chi connectivity index (χ1) is 16.7. The lowest BCUT2D eigenvalue weighted by molar-refractivity contribution is -0.140. The quantitative estimate of drug-likeness (QED) is 0.509. The van der Waals surface area contributed by atoms with Crippen molar-refractivity contribution in [3.63, 3.8) is 0 Å². The molecule has 4 nitrogen and oxygen atoms in total. The monoisotopic (exact) mass is 454 g/mol. The molecule has 176 valence electrons. The lowest BCUT2D eigenvalue weighted by Crippen LogP contribution is -2.52. The summed E-state index contributed by atoms with van der Waals surface area (Å²) >= 11 is 0. The van der Waals surface area contributed by atoms with Gasteiger partial charge < -0.3 is 9.64 Å². The Labute approximate surface area is 203 Å². The van der Waals surface area contributed by atoms with Crippen molar-refractivity contribution < 1.29 is 9.53 Å². The van der Waals surface area contributed by atoms with E-state index in [0.29, 0.717) is 0 Å². The van der Waals surface area contributed by atoms with Crippen LogP contribution in [0.1, 0.15) is 48.1 Å². The molecule has 34 heavy (non-hydrogen) atoms. The van der Waals surface area contributed by atoms with Gasteiger partial charge in [0.15, 0.2) is 6.10 Å². The maximum atomic E-state index is 13.3. The number of nitrogens with zero attached hydrogens (tertiary/aromatic N) is 2. The van der Waals surface area contributed by atoms with Gasteiger partial charge >= 0.3 is 0 Å². The summed E-state index contributed by atoms with van der Waals surface area (Å²) in [5.74, 6) is 0.980. The largest absolute Gasteiger partial charge is 0.481 e. The van der Waals surface area contributed by atoms with Gasteiger partial charge in [-0.2, -0.15) is 0 Å². The van der Waals surface area contributed by atoms with Crippen LogP contribution in [0.25, 0.3) is 0 Å². The molecule has 1 fully saturated rings. The van der Waals surface area contributed by atoms with Crippen LogP contribution in [-0.2, 0) is 17.6 Å². The van der Waals surface area contributed by atoms with Gasteiger partial charge in [-0.25, -0.2) is 0 Å². The Morgan fingerprint density at radius 1 is 0.765 bits per heavy atom. The van der Waals surface area contributed by atoms with E-state index in [-0.39, 0.29) is 11.9 Å². The highest BCUT2D eigenvalue weighted by Crippen LogP contribution is 2.31. The number of carbonyl (C=O) groups is 1. The minimum Gasteiger partial charge on any atom is -0.481 e. The summed E-state index contributed by atoms with van der Waals surface area (Å²) in [5.41, 5.74) is 5.26. The molecule has 0 radical (unpaired) electrons. The van der Waals surface area contributed by atoms with E-state index in [1.165, 1.54) is 35.1 Å². The summed E-state index contributed by atoms with van der Waals surface area (Å²) in [5, 5.41) is 0. The van der Waals surface area contributed by atoms with Crippen LogP contribution in [0.5, 0.6) is 5.75 Å². The van der Waals surface area contributed by atoms with Crippen molar-refractivity contribution in [2.24, 2.45) is 0 Å². The molecule has 5 rings (SSSR count). The van der Waals surface area contributed by atoms with Gasteiger partial charge in [0.05, 0.1) is 6.04 Å². The Balaban J connectivity index is 1.25. The second kappa shape index (κ2) is 10.4. The normalized spacial score (nSPS) is 17.3. The second-order valence-corrected chi connectivity index (χ2v) is 9.45. The second-order valence-electron chi connectivity index (χ2n) is 9.45. The third-order valence-electron chi connectivity index (χ3n) is 7.23. The van der Waals surface area contributed by atoms with E-state index in [1.807, 2.05) is 17.9 Å². The number of hydrogen-bond donors (Lipinski definition) is 0. The zero-order valence-electron chi connectivity index (χ0n) is 20.0. The van der Waals surface area contributed by atoms with Crippen molar-refractivity contribution in [3.8, 4) is 5.75 Å². The summed E-state index contributed by atoms with van der Waals surface area (Å²) in [6, 6.07) is 27.8. The fourth-order valence-corrected chi connectivity index (χ4v) is 5.44. The van der Waals surface area contributed by atoms with E-state index in [0.717, 1.165) is 44.8 Å². The third-order valence-corrected chi connectivity index (χ3v) is 7.23. The molecule has 0 bridgehead atoms. The Bertz CT molecular complexity index is 1050. The van der Waals surface area contributed by atoms with Crippen molar-refractivity contribution in [1.82, 2.24) is 9.80 Å². The number of ether oxygens (including phenoxy) is 1. The summed E-state index contributed by atoms with van der Waals surface area (Å²) in [4.78, 5) is 17.7. The van der Waals surface area contributed by atoms with E-state index in [9.17, 15) is 4.79 Å². The molecule has 3 aromatic carbocycles. The molecule has 1 aliphatic carbocycles. The number of aryl methyl sites for hydroxylation is 1. The first kappa shape index (κ1) is 22.7. The highest BCUT2D eigenvalue weighted by Gasteiger charge is 2.30. The molecule has 1 amide bonds. The van der Waals surface area contributed by atoms with E-state index in [4.69, 9.17) is 4.74 Å². The van der Waals surface area contributed by atoms with E-state index in [1.54, 1.807) is 0 Å². The number of hydrogen-bond acceptors (Lipinski definition) is 3. The average molecular weight is 455 g/mol. The van der Waals surface area contributed by atoms with Crippen molar-refractivity contribution in [1.29, 1.82) is 0 Å². The lowest BCUT2D eigenvalue weighted by atomic mass is 9.91. The molecule has 1 aliphatic heterocycles. The van der Waals surface area contributed by atoms with Gasteiger partial charge in [0, 0.05) is 26.2 Å². The van der Waals surface area contributed by atoms with Crippen LogP contribution >= 0.6 is 0 Å². The number of benzene rings is 3. The molecule has 0 spiro atoms. The molecule has 1 heterocycles. The van der Waals surface area contributed by atoms with E-state index >= 15 is 0 Å². The molecule has 1 saturated heterocycles. The topological polar surface area (TPSA) is 32.8 Å². The number of piperazine rings is 1. The lowest BCUT2D eigenvalue weighted by Gasteiger charge is -2.40. The van der Waals surface area contributed by atoms with Gasteiger partial charge in [0.25, 0.3) is 5.91 Å². The maximum absolute atomic E-state index is 13.3. The third kappa shape index (κ3) is 4.88. The molecular formula is C30H34N2O2. The zero-order valence-corrected chi connectivity index (χ0v) is 20.0. The highest BCUT2D eigenvalue weighted by molar-refractivity contribution is 5.81. The smallest absolute Gasteiger partial charge is 0.263 e. The molecule has 0 unspecified atom stereocenters. The standard InChI is InChI=1S/C30H34N2O2/c1-23(34-28-18-10-16-24-11-8-9-17-27(24)28)30(33)32-21-19-31(20-22-32)29(25-12-4-2-5-13-25)26-14-6-3-7-15-26/h2-7,10,12-16,18,23,29H,8-9,11,17,19-22H2,1H3/t23-/m1/s1. The predicted molar refractivity (Wildman–Crippen MR) is 136 cm³/mol. The zero-order chi connectivity index (χ0) is 23.3. The Morgan fingerprint density at radius 2 is 1.38 bits per heavy atom. The van der Waals surface area contributed by atoms with Crippen LogP contribution in [0.2, 0.25) is 0 Å². The number of carbonyl (C=O) groups excluding carboxylic acids is 1. The van der Waals surface area contributed by atoms with Gasteiger partial charge in [-0.1, -0.05) is 72.8 Å². The van der Waals surface area contributed by atoms with Crippen LogP contribution in [0, 0.1) is 0 Å².